The fourth-order valence-electron chi connectivity index (χ4n) is 2.41. The third-order valence-electron chi connectivity index (χ3n) is 3.22. The molecule has 1 aromatic carbocycles. The molecule has 0 unspecified atom stereocenters. The van der Waals surface area contributed by atoms with E-state index in [1.807, 2.05) is 6.08 Å². The molecule has 1 nitrogen and oxygen atoms in total. The summed E-state index contributed by atoms with van der Waals surface area (Å²) in [5.74, 6) is 0. The molecule has 1 heteroatoms. The van der Waals surface area contributed by atoms with Gasteiger partial charge < -0.3 is 4.90 Å². The van der Waals surface area contributed by atoms with Gasteiger partial charge in [0.15, 0.2) is 0 Å². The van der Waals surface area contributed by atoms with Gasteiger partial charge in [-0.3, -0.25) is 0 Å². The topological polar surface area (TPSA) is 3.24 Å². The molecule has 0 saturated carbocycles. The zero-order chi connectivity index (χ0) is 11.1. The van der Waals surface area contributed by atoms with Gasteiger partial charge in [0.2, 0.25) is 0 Å². The van der Waals surface area contributed by atoms with Crippen molar-refractivity contribution in [1.29, 1.82) is 0 Å². The SMILES string of the molecule is C=C/C=C1/N(C)c2ccccc2C1(C)C. The number of nitrogens with zero attached hydrogens (tertiary/aromatic N) is 1. The van der Waals surface area contributed by atoms with Crippen LogP contribution in [0.25, 0.3) is 0 Å². The molecule has 0 fully saturated rings. The van der Waals surface area contributed by atoms with Gasteiger partial charge in [0.05, 0.1) is 0 Å². The second-order valence-electron chi connectivity index (χ2n) is 4.49. The minimum absolute atomic E-state index is 0.0829. The third kappa shape index (κ3) is 1.30. The van der Waals surface area contributed by atoms with Gasteiger partial charge in [0, 0.05) is 23.8 Å². The number of allylic oxidation sites excluding steroid dienone is 3. The molecule has 15 heavy (non-hydrogen) atoms. The molecule has 0 radical (unpaired) electrons. The molecule has 0 aromatic heterocycles. The highest BCUT2D eigenvalue weighted by molar-refractivity contribution is 5.69. The summed E-state index contributed by atoms with van der Waals surface area (Å²) in [5.41, 5.74) is 4.08. The van der Waals surface area contributed by atoms with Crippen LogP contribution in [0.1, 0.15) is 19.4 Å². The monoisotopic (exact) mass is 199 g/mol. The number of benzene rings is 1. The number of rotatable bonds is 1. The predicted molar refractivity (Wildman–Crippen MR) is 66.2 cm³/mol. The number of likely N-dealkylation sites (N-methyl/N-ethyl adjacent to an activating group) is 1. The summed E-state index contributed by atoms with van der Waals surface area (Å²) in [5, 5.41) is 0. The summed E-state index contributed by atoms with van der Waals surface area (Å²) >= 11 is 0. The van der Waals surface area contributed by atoms with Crippen LogP contribution in [0.2, 0.25) is 0 Å². The number of para-hydroxylation sites is 1. The standard InChI is InChI=1S/C14H17N/c1-5-8-13-14(2,3)11-9-6-7-10-12(11)15(13)4/h5-10H,1H2,2-4H3/b13-8+. The van der Waals surface area contributed by atoms with Gasteiger partial charge in [-0.2, -0.15) is 0 Å². The molecular weight excluding hydrogens is 182 g/mol. The Morgan fingerprint density at radius 3 is 2.53 bits per heavy atom. The molecule has 1 aliphatic heterocycles. The molecule has 0 atom stereocenters. The largest absolute Gasteiger partial charge is 0.347 e. The highest BCUT2D eigenvalue weighted by atomic mass is 15.2. The molecule has 1 aliphatic rings. The lowest BCUT2D eigenvalue weighted by molar-refractivity contribution is 0.640. The maximum absolute atomic E-state index is 3.78. The van der Waals surface area contributed by atoms with Gasteiger partial charge in [-0.05, 0) is 17.7 Å². The normalized spacial score (nSPS) is 20.5. The van der Waals surface area contributed by atoms with Crippen LogP contribution in [-0.2, 0) is 5.41 Å². The maximum atomic E-state index is 3.78. The number of hydrogen-bond acceptors (Lipinski definition) is 1. The van der Waals surface area contributed by atoms with Crippen LogP contribution in [-0.4, -0.2) is 7.05 Å². The Labute approximate surface area is 91.7 Å². The molecule has 0 saturated heterocycles. The lowest BCUT2D eigenvalue weighted by Gasteiger charge is -2.23. The number of hydrogen-bond donors (Lipinski definition) is 0. The van der Waals surface area contributed by atoms with E-state index >= 15 is 0 Å². The van der Waals surface area contributed by atoms with Crippen molar-refractivity contribution in [3.8, 4) is 0 Å². The van der Waals surface area contributed by atoms with E-state index in [9.17, 15) is 0 Å². The number of anilines is 1. The molecule has 0 bridgehead atoms. The quantitative estimate of drug-likeness (QED) is 0.669. The van der Waals surface area contributed by atoms with Crippen LogP contribution < -0.4 is 4.90 Å². The fraction of sp³-hybridized carbons (Fsp3) is 0.286. The molecule has 0 N–H and O–H groups in total. The lowest BCUT2D eigenvalue weighted by atomic mass is 9.84. The van der Waals surface area contributed by atoms with Gasteiger partial charge in [-0.1, -0.05) is 44.7 Å². The summed E-state index contributed by atoms with van der Waals surface area (Å²) in [4.78, 5) is 2.25. The first-order chi connectivity index (χ1) is 7.09. The molecule has 0 spiro atoms. The zero-order valence-corrected chi connectivity index (χ0v) is 9.62. The van der Waals surface area contributed by atoms with Crippen LogP contribution in [0.3, 0.4) is 0 Å². The Balaban J connectivity index is 2.64. The van der Waals surface area contributed by atoms with E-state index < -0.39 is 0 Å². The van der Waals surface area contributed by atoms with Crippen molar-refractivity contribution in [3.63, 3.8) is 0 Å². The van der Waals surface area contributed by atoms with Gasteiger partial charge >= 0.3 is 0 Å². The number of fused-ring (bicyclic) bond motifs is 1. The smallest absolute Gasteiger partial charge is 0.0447 e. The second kappa shape index (κ2) is 3.27. The minimum Gasteiger partial charge on any atom is -0.347 e. The van der Waals surface area contributed by atoms with E-state index in [1.165, 1.54) is 16.9 Å². The van der Waals surface area contributed by atoms with E-state index in [0.717, 1.165) is 0 Å². The Bertz CT molecular complexity index is 427. The second-order valence-corrected chi connectivity index (χ2v) is 4.49. The summed E-state index contributed by atoms with van der Waals surface area (Å²) in [7, 11) is 2.11. The Kier molecular flexibility index (Phi) is 2.18. The molecule has 1 heterocycles. The van der Waals surface area contributed by atoms with Crippen molar-refractivity contribution in [3.05, 3.63) is 54.3 Å². The van der Waals surface area contributed by atoms with Crippen LogP contribution in [0.4, 0.5) is 5.69 Å². The van der Waals surface area contributed by atoms with Crippen molar-refractivity contribution in [2.24, 2.45) is 0 Å². The molecule has 78 valence electrons. The highest BCUT2D eigenvalue weighted by Crippen LogP contribution is 2.46. The summed E-state index contributed by atoms with van der Waals surface area (Å²) in [6.45, 7) is 8.29. The van der Waals surface area contributed by atoms with Crippen molar-refractivity contribution in [2.75, 3.05) is 11.9 Å². The summed E-state index contributed by atoms with van der Waals surface area (Å²) in [6.07, 6.45) is 3.96. The summed E-state index contributed by atoms with van der Waals surface area (Å²) in [6, 6.07) is 8.56. The van der Waals surface area contributed by atoms with Gasteiger partial charge in [0.1, 0.15) is 0 Å². The minimum atomic E-state index is 0.0829. The molecule has 0 amide bonds. The fourth-order valence-corrected chi connectivity index (χ4v) is 2.41. The Morgan fingerprint density at radius 1 is 1.27 bits per heavy atom. The van der Waals surface area contributed by atoms with E-state index in [1.54, 1.807) is 0 Å². The van der Waals surface area contributed by atoms with E-state index in [-0.39, 0.29) is 5.41 Å². The highest BCUT2D eigenvalue weighted by Gasteiger charge is 2.37. The van der Waals surface area contributed by atoms with Crippen molar-refractivity contribution in [2.45, 2.75) is 19.3 Å². The van der Waals surface area contributed by atoms with E-state index in [4.69, 9.17) is 0 Å². The first kappa shape index (κ1) is 10.0. The third-order valence-corrected chi connectivity index (χ3v) is 3.22. The maximum Gasteiger partial charge on any atom is 0.0447 e. The first-order valence-electron chi connectivity index (χ1n) is 5.25. The molecule has 0 aliphatic carbocycles. The van der Waals surface area contributed by atoms with E-state index in [0.29, 0.717) is 0 Å². The van der Waals surface area contributed by atoms with E-state index in [2.05, 4.69) is 62.7 Å². The zero-order valence-electron chi connectivity index (χ0n) is 9.62. The van der Waals surface area contributed by atoms with Crippen molar-refractivity contribution < 1.29 is 0 Å². The average molecular weight is 199 g/mol. The average Bonchev–Trinajstić information content (AvgIpc) is 2.41. The Hall–Kier alpha value is -1.50. The van der Waals surface area contributed by atoms with Gasteiger partial charge in [0.25, 0.3) is 0 Å². The summed E-state index contributed by atoms with van der Waals surface area (Å²) < 4.78 is 0. The molecule has 1 aromatic rings. The predicted octanol–water partition coefficient (Wildman–Crippen LogP) is 3.48. The van der Waals surface area contributed by atoms with Crippen LogP contribution in [0, 0.1) is 0 Å². The van der Waals surface area contributed by atoms with Gasteiger partial charge in [-0.15, -0.1) is 0 Å². The molecular formula is C14H17N. The van der Waals surface area contributed by atoms with Crippen LogP contribution in [0.15, 0.2) is 48.7 Å². The first-order valence-corrected chi connectivity index (χ1v) is 5.25. The molecule has 2 rings (SSSR count). The van der Waals surface area contributed by atoms with Crippen molar-refractivity contribution >= 4 is 5.69 Å². The van der Waals surface area contributed by atoms with Crippen molar-refractivity contribution in [1.82, 2.24) is 0 Å². The van der Waals surface area contributed by atoms with Crippen LogP contribution in [0.5, 0.6) is 0 Å². The van der Waals surface area contributed by atoms with Crippen LogP contribution >= 0.6 is 0 Å². The van der Waals surface area contributed by atoms with Gasteiger partial charge in [-0.25, -0.2) is 0 Å². The lowest BCUT2D eigenvalue weighted by Crippen LogP contribution is -2.22. The Morgan fingerprint density at radius 2 is 1.93 bits per heavy atom.